The van der Waals surface area contributed by atoms with Gasteiger partial charge in [0.25, 0.3) is 0 Å². The third-order valence-corrected chi connectivity index (χ3v) is 3.53. The molecule has 3 nitrogen and oxygen atoms in total. The van der Waals surface area contributed by atoms with Gasteiger partial charge in [0.05, 0.1) is 18.3 Å². The first-order chi connectivity index (χ1) is 8.56. The summed E-state index contributed by atoms with van der Waals surface area (Å²) in [5, 5.41) is 10.9. The Morgan fingerprint density at radius 3 is 2.56 bits per heavy atom. The van der Waals surface area contributed by atoms with Crippen LogP contribution >= 0.6 is 11.6 Å². The Kier molecular flexibility index (Phi) is 4.62. The molecule has 1 fully saturated rings. The molecule has 1 saturated heterocycles. The summed E-state index contributed by atoms with van der Waals surface area (Å²) in [6.45, 7) is 6.43. The molecule has 0 amide bonds. The molecule has 0 saturated carbocycles. The fraction of sp³-hybridized carbons (Fsp3) is 0.571. The molecule has 1 heterocycles. The normalized spacial score (nSPS) is 27.1. The van der Waals surface area contributed by atoms with E-state index in [2.05, 4.69) is 18.7 Å². The minimum atomic E-state index is -0.545. The third kappa shape index (κ3) is 3.45. The first-order valence-corrected chi connectivity index (χ1v) is 6.74. The van der Waals surface area contributed by atoms with E-state index in [9.17, 15) is 5.11 Å². The Labute approximate surface area is 113 Å². The van der Waals surface area contributed by atoms with E-state index < -0.39 is 6.10 Å². The van der Waals surface area contributed by atoms with Crippen molar-refractivity contribution in [2.45, 2.75) is 32.2 Å². The quantitative estimate of drug-likeness (QED) is 0.915. The molecule has 100 valence electrons. The molecule has 2 rings (SSSR count). The molecule has 0 bridgehead atoms. The van der Waals surface area contributed by atoms with E-state index in [0.29, 0.717) is 11.6 Å². The van der Waals surface area contributed by atoms with E-state index in [-0.39, 0.29) is 12.2 Å². The average molecular weight is 270 g/mol. The van der Waals surface area contributed by atoms with Gasteiger partial charge in [0, 0.05) is 30.2 Å². The number of aliphatic hydroxyl groups is 1. The lowest BCUT2D eigenvalue weighted by Crippen LogP contribution is -2.46. The molecule has 0 aromatic heterocycles. The molecule has 1 aromatic carbocycles. The highest BCUT2D eigenvalue weighted by Gasteiger charge is 2.24. The van der Waals surface area contributed by atoms with Gasteiger partial charge in [-0.2, -0.15) is 0 Å². The maximum Gasteiger partial charge on any atom is 0.0931 e. The Hall–Kier alpha value is -0.610. The largest absolute Gasteiger partial charge is 0.387 e. The van der Waals surface area contributed by atoms with Gasteiger partial charge in [0.15, 0.2) is 0 Å². The van der Waals surface area contributed by atoms with Crippen LogP contribution in [-0.4, -0.2) is 41.8 Å². The van der Waals surface area contributed by atoms with Crippen LogP contribution in [0.3, 0.4) is 0 Å². The van der Waals surface area contributed by atoms with E-state index in [4.69, 9.17) is 16.3 Å². The maximum atomic E-state index is 10.3. The highest BCUT2D eigenvalue weighted by atomic mass is 35.5. The van der Waals surface area contributed by atoms with E-state index in [1.807, 2.05) is 24.3 Å². The molecule has 1 aromatic rings. The summed E-state index contributed by atoms with van der Waals surface area (Å²) in [7, 11) is 0. The van der Waals surface area contributed by atoms with Crippen molar-refractivity contribution in [1.82, 2.24) is 4.90 Å². The predicted octanol–water partition coefficient (Wildman–Crippen LogP) is 2.48. The van der Waals surface area contributed by atoms with Crippen LogP contribution in [0.5, 0.6) is 0 Å². The number of β-amino-alcohol motifs (C(OH)–C–C–N with tert-alkyl or cyclic N) is 1. The predicted molar refractivity (Wildman–Crippen MR) is 72.9 cm³/mol. The number of benzene rings is 1. The topological polar surface area (TPSA) is 32.7 Å². The molecule has 3 unspecified atom stereocenters. The highest BCUT2D eigenvalue weighted by Crippen LogP contribution is 2.24. The number of rotatable bonds is 3. The van der Waals surface area contributed by atoms with Crippen molar-refractivity contribution in [2.24, 2.45) is 0 Å². The zero-order valence-electron chi connectivity index (χ0n) is 10.8. The standard InChI is InChI=1S/C14H20ClNO2/c1-10-7-16(8-11(2)18-10)9-14(17)12-5-3-4-6-13(12)15/h3-6,10-11,14,17H,7-9H2,1-2H3. The molecule has 0 aliphatic carbocycles. The van der Waals surface area contributed by atoms with Crippen molar-refractivity contribution in [3.05, 3.63) is 34.9 Å². The number of hydrogen-bond acceptors (Lipinski definition) is 3. The first-order valence-electron chi connectivity index (χ1n) is 6.36. The van der Waals surface area contributed by atoms with Crippen LogP contribution in [0.1, 0.15) is 25.5 Å². The second kappa shape index (κ2) is 6.02. The summed E-state index contributed by atoms with van der Waals surface area (Å²) in [5.41, 5.74) is 0.797. The van der Waals surface area contributed by atoms with Crippen LogP contribution in [0.4, 0.5) is 0 Å². The zero-order valence-corrected chi connectivity index (χ0v) is 11.6. The van der Waals surface area contributed by atoms with Gasteiger partial charge in [-0.05, 0) is 19.9 Å². The Morgan fingerprint density at radius 1 is 1.33 bits per heavy atom. The van der Waals surface area contributed by atoms with Gasteiger partial charge >= 0.3 is 0 Å². The summed E-state index contributed by atoms with van der Waals surface area (Å²) in [4.78, 5) is 2.23. The van der Waals surface area contributed by atoms with Crippen molar-refractivity contribution in [2.75, 3.05) is 19.6 Å². The van der Waals surface area contributed by atoms with Gasteiger partial charge < -0.3 is 9.84 Å². The Morgan fingerprint density at radius 2 is 1.94 bits per heavy atom. The van der Waals surface area contributed by atoms with Gasteiger partial charge in [0.1, 0.15) is 0 Å². The fourth-order valence-electron chi connectivity index (χ4n) is 2.52. The van der Waals surface area contributed by atoms with Crippen LogP contribution in [-0.2, 0) is 4.74 Å². The van der Waals surface area contributed by atoms with E-state index in [1.165, 1.54) is 0 Å². The highest BCUT2D eigenvalue weighted by molar-refractivity contribution is 6.31. The zero-order chi connectivity index (χ0) is 13.1. The van der Waals surface area contributed by atoms with Gasteiger partial charge in [-0.15, -0.1) is 0 Å². The van der Waals surface area contributed by atoms with Crippen LogP contribution in [0.25, 0.3) is 0 Å². The summed E-state index contributed by atoms with van der Waals surface area (Å²) in [6, 6.07) is 7.46. The number of aliphatic hydroxyl groups excluding tert-OH is 1. The molecular weight excluding hydrogens is 250 g/mol. The summed E-state index contributed by atoms with van der Waals surface area (Å²) >= 11 is 6.09. The Balaban J connectivity index is 1.99. The third-order valence-electron chi connectivity index (χ3n) is 3.19. The van der Waals surface area contributed by atoms with E-state index in [1.54, 1.807) is 0 Å². The molecule has 0 radical (unpaired) electrons. The Bertz CT molecular complexity index is 389. The van der Waals surface area contributed by atoms with Crippen LogP contribution < -0.4 is 0 Å². The molecule has 1 N–H and O–H groups in total. The average Bonchev–Trinajstić information content (AvgIpc) is 2.27. The summed E-state index contributed by atoms with van der Waals surface area (Å²) in [5.74, 6) is 0. The van der Waals surface area contributed by atoms with Gasteiger partial charge in [0.2, 0.25) is 0 Å². The van der Waals surface area contributed by atoms with Gasteiger partial charge in [-0.3, -0.25) is 4.90 Å². The number of morpholine rings is 1. The number of halogens is 1. The number of nitrogens with zero attached hydrogens (tertiary/aromatic N) is 1. The summed E-state index contributed by atoms with van der Waals surface area (Å²) < 4.78 is 5.68. The fourth-order valence-corrected chi connectivity index (χ4v) is 2.78. The van der Waals surface area contributed by atoms with Crippen molar-refractivity contribution in [1.29, 1.82) is 0 Å². The minimum Gasteiger partial charge on any atom is -0.387 e. The smallest absolute Gasteiger partial charge is 0.0931 e. The lowest BCUT2D eigenvalue weighted by atomic mass is 10.1. The number of hydrogen-bond donors (Lipinski definition) is 1. The van der Waals surface area contributed by atoms with Crippen LogP contribution in [0.15, 0.2) is 24.3 Å². The second-order valence-corrected chi connectivity index (χ2v) is 5.42. The van der Waals surface area contributed by atoms with Crippen molar-refractivity contribution >= 4 is 11.6 Å². The lowest BCUT2D eigenvalue weighted by Gasteiger charge is -2.36. The van der Waals surface area contributed by atoms with Gasteiger partial charge in [-0.1, -0.05) is 29.8 Å². The lowest BCUT2D eigenvalue weighted by molar-refractivity contribution is -0.0767. The van der Waals surface area contributed by atoms with E-state index in [0.717, 1.165) is 18.7 Å². The molecule has 1 aliphatic rings. The van der Waals surface area contributed by atoms with Crippen LogP contribution in [0, 0.1) is 0 Å². The first kappa shape index (κ1) is 13.8. The molecular formula is C14H20ClNO2. The van der Waals surface area contributed by atoms with Crippen LogP contribution in [0.2, 0.25) is 5.02 Å². The van der Waals surface area contributed by atoms with Crippen molar-refractivity contribution in [3.8, 4) is 0 Å². The SMILES string of the molecule is CC1CN(CC(O)c2ccccc2Cl)CC(C)O1. The second-order valence-electron chi connectivity index (χ2n) is 5.01. The van der Waals surface area contributed by atoms with Gasteiger partial charge in [-0.25, -0.2) is 0 Å². The number of ether oxygens (including phenoxy) is 1. The molecule has 3 atom stereocenters. The van der Waals surface area contributed by atoms with Crippen molar-refractivity contribution < 1.29 is 9.84 Å². The van der Waals surface area contributed by atoms with E-state index >= 15 is 0 Å². The monoisotopic (exact) mass is 269 g/mol. The van der Waals surface area contributed by atoms with Crippen molar-refractivity contribution in [3.63, 3.8) is 0 Å². The minimum absolute atomic E-state index is 0.215. The molecule has 18 heavy (non-hydrogen) atoms. The molecule has 4 heteroatoms. The summed E-state index contributed by atoms with van der Waals surface area (Å²) in [6.07, 6.45) is -0.115. The molecule has 0 spiro atoms. The molecule has 1 aliphatic heterocycles. The maximum absolute atomic E-state index is 10.3.